The van der Waals surface area contributed by atoms with Crippen molar-refractivity contribution in [2.75, 3.05) is 18.1 Å². The van der Waals surface area contributed by atoms with Crippen LogP contribution >= 0.6 is 27.7 Å². The van der Waals surface area contributed by atoms with Crippen molar-refractivity contribution in [1.82, 2.24) is 0 Å². The number of hydrogen-bond acceptors (Lipinski definition) is 3. The highest BCUT2D eigenvalue weighted by Crippen LogP contribution is 2.23. The molecule has 16 heavy (non-hydrogen) atoms. The third-order valence-corrected chi connectivity index (χ3v) is 4.22. The normalized spacial score (nSPS) is 20.1. The van der Waals surface area contributed by atoms with E-state index in [-0.39, 0.29) is 5.92 Å². The van der Waals surface area contributed by atoms with Gasteiger partial charge in [0.05, 0.1) is 12.4 Å². The predicted octanol–water partition coefficient (Wildman–Crippen LogP) is 3.15. The van der Waals surface area contributed by atoms with Crippen molar-refractivity contribution in [1.29, 1.82) is 0 Å². The maximum absolute atomic E-state index is 11.4. The molecule has 0 aliphatic carbocycles. The van der Waals surface area contributed by atoms with Crippen LogP contribution in [0.25, 0.3) is 0 Å². The summed E-state index contributed by atoms with van der Waals surface area (Å²) in [6.45, 7) is 0.624. The average molecular weight is 301 g/mol. The Kier molecular flexibility index (Phi) is 4.29. The lowest BCUT2D eigenvalue weighted by atomic mass is 10.1. The summed E-state index contributed by atoms with van der Waals surface area (Å²) in [6.07, 6.45) is 0.835. The van der Waals surface area contributed by atoms with Gasteiger partial charge in [-0.2, -0.15) is 11.8 Å². The molecule has 1 saturated heterocycles. The molecule has 1 aromatic rings. The molecule has 1 fully saturated rings. The maximum Gasteiger partial charge on any atom is 0.146 e. The van der Waals surface area contributed by atoms with Gasteiger partial charge in [0.1, 0.15) is 11.5 Å². The molecule has 0 amide bonds. The third-order valence-electron chi connectivity index (χ3n) is 2.57. The highest BCUT2D eigenvalue weighted by molar-refractivity contribution is 9.10. The van der Waals surface area contributed by atoms with E-state index in [1.807, 2.05) is 24.3 Å². The molecule has 1 heterocycles. The molecule has 1 unspecified atom stereocenters. The van der Waals surface area contributed by atoms with Crippen LogP contribution in [0.1, 0.15) is 6.42 Å². The number of hydrogen-bond donors (Lipinski definition) is 0. The molecular weight excluding hydrogens is 288 g/mol. The lowest BCUT2D eigenvalue weighted by Crippen LogP contribution is -2.14. The summed E-state index contributed by atoms with van der Waals surface area (Å²) in [5, 5.41) is 0. The summed E-state index contributed by atoms with van der Waals surface area (Å²) in [6, 6.07) is 7.75. The average Bonchev–Trinajstić information content (AvgIpc) is 2.68. The fraction of sp³-hybridized carbons (Fsp3) is 0.417. The molecule has 1 atom stereocenters. The Balaban J connectivity index is 1.75. The fourth-order valence-electron chi connectivity index (χ4n) is 1.61. The highest BCUT2D eigenvalue weighted by atomic mass is 79.9. The Hall–Kier alpha value is -0.480. The van der Waals surface area contributed by atoms with Gasteiger partial charge < -0.3 is 4.74 Å². The van der Waals surface area contributed by atoms with Gasteiger partial charge in [-0.1, -0.05) is 15.9 Å². The lowest BCUT2D eigenvalue weighted by Gasteiger charge is -2.09. The molecule has 4 heteroatoms. The van der Waals surface area contributed by atoms with E-state index < -0.39 is 0 Å². The molecule has 0 bridgehead atoms. The van der Waals surface area contributed by atoms with E-state index in [0.29, 0.717) is 18.1 Å². The van der Waals surface area contributed by atoms with Crippen LogP contribution in [0.15, 0.2) is 28.7 Å². The van der Waals surface area contributed by atoms with Gasteiger partial charge >= 0.3 is 0 Å². The second-order valence-electron chi connectivity index (χ2n) is 3.77. The van der Waals surface area contributed by atoms with Crippen molar-refractivity contribution in [3.63, 3.8) is 0 Å². The molecule has 2 nitrogen and oxygen atoms in total. The van der Waals surface area contributed by atoms with Crippen LogP contribution in [0.4, 0.5) is 0 Å². The molecular formula is C12H13BrO2S. The Morgan fingerprint density at radius 3 is 2.75 bits per heavy atom. The first-order valence-corrected chi connectivity index (χ1v) is 7.19. The first-order valence-electron chi connectivity index (χ1n) is 5.24. The second kappa shape index (κ2) is 5.73. The Labute approximate surface area is 108 Å². The van der Waals surface area contributed by atoms with Crippen molar-refractivity contribution in [2.24, 2.45) is 5.92 Å². The standard InChI is InChI=1S/C12H13BrO2S/c13-10-1-3-11(4-2-10)15-6-5-9-7-16-8-12(9)14/h1-4,9H,5-8H2. The van der Waals surface area contributed by atoms with Crippen LogP contribution < -0.4 is 4.74 Å². The number of rotatable bonds is 4. The molecule has 0 saturated carbocycles. The van der Waals surface area contributed by atoms with E-state index in [9.17, 15) is 4.79 Å². The summed E-state index contributed by atoms with van der Waals surface area (Å²) in [5.74, 6) is 3.09. The van der Waals surface area contributed by atoms with Gasteiger partial charge in [-0.05, 0) is 30.7 Å². The largest absolute Gasteiger partial charge is 0.494 e. The first-order chi connectivity index (χ1) is 7.75. The molecule has 1 aliphatic rings. The summed E-state index contributed by atoms with van der Waals surface area (Å²) >= 11 is 5.10. The van der Waals surface area contributed by atoms with Crippen LogP contribution in [-0.2, 0) is 4.79 Å². The second-order valence-corrected chi connectivity index (χ2v) is 5.72. The number of ether oxygens (including phenoxy) is 1. The maximum atomic E-state index is 11.4. The van der Waals surface area contributed by atoms with E-state index in [1.54, 1.807) is 11.8 Å². The quantitative estimate of drug-likeness (QED) is 0.854. The predicted molar refractivity (Wildman–Crippen MR) is 70.1 cm³/mol. The number of carbonyl (C=O) groups is 1. The molecule has 1 aromatic carbocycles. The fourth-order valence-corrected chi connectivity index (χ4v) is 3.06. The van der Waals surface area contributed by atoms with Gasteiger partial charge in [-0.3, -0.25) is 4.79 Å². The zero-order valence-corrected chi connectivity index (χ0v) is 11.2. The summed E-state index contributed by atoms with van der Waals surface area (Å²) in [7, 11) is 0. The zero-order valence-electron chi connectivity index (χ0n) is 8.82. The van der Waals surface area contributed by atoms with E-state index in [4.69, 9.17) is 4.74 Å². The van der Waals surface area contributed by atoms with E-state index >= 15 is 0 Å². The van der Waals surface area contributed by atoms with Crippen molar-refractivity contribution in [3.05, 3.63) is 28.7 Å². The number of thioether (sulfide) groups is 1. The molecule has 0 aromatic heterocycles. The number of ketones is 1. The third kappa shape index (κ3) is 3.25. The summed E-state index contributed by atoms with van der Waals surface area (Å²) in [4.78, 5) is 11.4. The first kappa shape index (κ1) is 12.0. The van der Waals surface area contributed by atoms with Gasteiger partial charge in [-0.15, -0.1) is 0 Å². The number of halogens is 1. The van der Waals surface area contributed by atoms with Crippen LogP contribution in [0, 0.1) is 5.92 Å². The Morgan fingerprint density at radius 1 is 1.38 bits per heavy atom. The van der Waals surface area contributed by atoms with Crippen molar-refractivity contribution < 1.29 is 9.53 Å². The van der Waals surface area contributed by atoms with Gasteiger partial charge in [0.15, 0.2) is 0 Å². The molecule has 2 rings (SSSR count). The minimum absolute atomic E-state index is 0.209. The van der Waals surface area contributed by atoms with Gasteiger partial charge in [-0.25, -0.2) is 0 Å². The van der Waals surface area contributed by atoms with Crippen molar-refractivity contribution in [2.45, 2.75) is 6.42 Å². The van der Waals surface area contributed by atoms with Crippen LogP contribution in [0.2, 0.25) is 0 Å². The molecule has 0 radical (unpaired) electrons. The van der Waals surface area contributed by atoms with Crippen molar-refractivity contribution >= 4 is 33.5 Å². The molecule has 0 spiro atoms. The SMILES string of the molecule is O=C1CSCC1CCOc1ccc(Br)cc1. The summed E-state index contributed by atoms with van der Waals surface area (Å²) in [5.41, 5.74) is 0. The van der Waals surface area contributed by atoms with Gasteiger partial charge in [0.25, 0.3) is 0 Å². The van der Waals surface area contributed by atoms with Crippen LogP contribution in [-0.4, -0.2) is 23.9 Å². The number of benzene rings is 1. The van der Waals surface area contributed by atoms with Gasteiger partial charge in [0.2, 0.25) is 0 Å². The van der Waals surface area contributed by atoms with Crippen molar-refractivity contribution in [3.8, 4) is 5.75 Å². The summed E-state index contributed by atoms with van der Waals surface area (Å²) < 4.78 is 6.63. The number of Topliss-reactive ketones (excluding diaryl/α,β-unsaturated/α-hetero) is 1. The smallest absolute Gasteiger partial charge is 0.146 e. The highest BCUT2D eigenvalue weighted by Gasteiger charge is 2.24. The van der Waals surface area contributed by atoms with E-state index in [1.165, 1.54) is 0 Å². The topological polar surface area (TPSA) is 26.3 Å². The lowest BCUT2D eigenvalue weighted by molar-refractivity contribution is -0.119. The molecule has 0 N–H and O–H groups in total. The Bertz CT molecular complexity index is 364. The van der Waals surface area contributed by atoms with Crippen LogP contribution in [0.3, 0.4) is 0 Å². The van der Waals surface area contributed by atoms with Crippen LogP contribution in [0.5, 0.6) is 5.75 Å². The minimum atomic E-state index is 0.209. The Morgan fingerprint density at radius 2 is 2.12 bits per heavy atom. The zero-order chi connectivity index (χ0) is 11.4. The minimum Gasteiger partial charge on any atom is -0.494 e. The monoisotopic (exact) mass is 300 g/mol. The molecule has 86 valence electrons. The van der Waals surface area contributed by atoms with E-state index in [0.717, 1.165) is 22.4 Å². The van der Waals surface area contributed by atoms with E-state index in [2.05, 4.69) is 15.9 Å². The molecule has 1 aliphatic heterocycles. The number of carbonyl (C=O) groups excluding carboxylic acids is 1. The van der Waals surface area contributed by atoms with Gasteiger partial charge in [0, 0.05) is 16.1 Å².